The third kappa shape index (κ3) is 5.95. The van der Waals surface area contributed by atoms with Gasteiger partial charge in [0.05, 0.1) is 19.6 Å². The van der Waals surface area contributed by atoms with E-state index in [4.69, 9.17) is 14.9 Å². The van der Waals surface area contributed by atoms with Crippen LogP contribution in [0.25, 0.3) is 0 Å². The lowest BCUT2D eigenvalue weighted by Crippen LogP contribution is -2.63. The molecule has 166 valence electrons. The Morgan fingerprint density at radius 2 is 1.50 bits per heavy atom. The molecule has 0 bridgehead atoms. The molecule has 0 unspecified atom stereocenters. The fourth-order valence-electron chi connectivity index (χ4n) is 4.69. The summed E-state index contributed by atoms with van der Waals surface area (Å²) in [5.74, 6) is -3.01. The van der Waals surface area contributed by atoms with Gasteiger partial charge in [-0.2, -0.15) is 0 Å². The molecule has 1 fully saturated rings. The molecule has 8 nitrogen and oxygen atoms in total. The number of benzene rings is 1. The van der Waals surface area contributed by atoms with Crippen LogP contribution in [0.15, 0.2) is 24.3 Å². The summed E-state index contributed by atoms with van der Waals surface area (Å²) >= 11 is 0. The first-order valence-corrected chi connectivity index (χ1v) is 10.0. The van der Waals surface area contributed by atoms with Crippen LogP contribution in [0.1, 0.15) is 46.1 Å². The van der Waals surface area contributed by atoms with Crippen LogP contribution in [-0.4, -0.2) is 69.8 Å². The number of aryl methyl sites for hydroxylation is 1. The summed E-state index contributed by atoms with van der Waals surface area (Å²) in [6, 6.07) is 8.20. The third-order valence-electron chi connectivity index (χ3n) is 5.39. The number of piperidine rings is 1. The standard InChI is InChI=1S/C22H32N2O6/c1-15-8-6-7-9-17(15)24-21(2,3)10-16(11-22(24,4)5)30-20(29)14-23(12-18(25)26)13-19(27)28/h6-9,16H,10-14H2,1-5H3,(H,25,26)(H,27,28). The highest BCUT2D eigenvalue weighted by Gasteiger charge is 2.47. The molecule has 1 heterocycles. The van der Waals surface area contributed by atoms with Crippen molar-refractivity contribution < 1.29 is 29.3 Å². The van der Waals surface area contributed by atoms with Crippen molar-refractivity contribution >= 4 is 23.6 Å². The number of anilines is 1. The van der Waals surface area contributed by atoms with Crippen LogP contribution in [0.5, 0.6) is 0 Å². The van der Waals surface area contributed by atoms with Crippen LogP contribution >= 0.6 is 0 Å². The van der Waals surface area contributed by atoms with Crippen LogP contribution in [0, 0.1) is 6.92 Å². The van der Waals surface area contributed by atoms with E-state index in [-0.39, 0.29) is 23.7 Å². The Labute approximate surface area is 177 Å². The number of carboxylic acid groups (broad SMARTS) is 2. The molecule has 30 heavy (non-hydrogen) atoms. The van der Waals surface area contributed by atoms with E-state index in [1.807, 2.05) is 12.1 Å². The highest BCUT2D eigenvalue weighted by atomic mass is 16.5. The Morgan fingerprint density at radius 3 is 1.97 bits per heavy atom. The summed E-state index contributed by atoms with van der Waals surface area (Å²) in [5, 5.41) is 17.9. The van der Waals surface area contributed by atoms with E-state index < -0.39 is 31.0 Å². The van der Waals surface area contributed by atoms with E-state index in [1.54, 1.807) is 0 Å². The van der Waals surface area contributed by atoms with Crippen LogP contribution in [0.4, 0.5) is 5.69 Å². The molecule has 1 saturated heterocycles. The quantitative estimate of drug-likeness (QED) is 0.618. The molecule has 0 aromatic heterocycles. The second kappa shape index (κ2) is 9.04. The van der Waals surface area contributed by atoms with E-state index in [9.17, 15) is 14.4 Å². The Bertz CT molecular complexity index is 771. The average molecular weight is 421 g/mol. The van der Waals surface area contributed by atoms with Gasteiger partial charge in [-0.3, -0.25) is 19.3 Å². The van der Waals surface area contributed by atoms with Gasteiger partial charge in [-0.05, 0) is 46.2 Å². The number of carbonyl (C=O) groups is 3. The Kier molecular flexibility index (Phi) is 7.13. The molecule has 0 spiro atoms. The maximum Gasteiger partial charge on any atom is 0.320 e. The zero-order chi connectivity index (χ0) is 22.7. The minimum atomic E-state index is -1.20. The van der Waals surface area contributed by atoms with Gasteiger partial charge in [0.2, 0.25) is 0 Å². The number of esters is 1. The molecule has 2 N–H and O–H groups in total. The van der Waals surface area contributed by atoms with Crippen molar-refractivity contribution in [3.05, 3.63) is 29.8 Å². The van der Waals surface area contributed by atoms with Gasteiger partial charge >= 0.3 is 17.9 Å². The summed E-state index contributed by atoms with van der Waals surface area (Å²) in [7, 11) is 0. The smallest absolute Gasteiger partial charge is 0.320 e. The highest BCUT2D eigenvalue weighted by Crippen LogP contribution is 2.43. The topological polar surface area (TPSA) is 107 Å². The normalized spacial score (nSPS) is 18.3. The molecule has 0 aliphatic carbocycles. The molecule has 0 amide bonds. The van der Waals surface area contributed by atoms with E-state index in [0.717, 1.165) is 10.6 Å². The predicted octanol–water partition coefficient (Wildman–Crippen LogP) is 2.54. The largest absolute Gasteiger partial charge is 0.480 e. The van der Waals surface area contributed by atoms with Gasteiger partial charge < -0.3 is 19.8 Å². The number of aliphatic carboxylic acids is 2. The third-order valence-corrected chi connectivity index (χ3v) is 5.39. The van der Waals surface area contributed by atoms with Gasteiger partial charge in [0.1, 0.15) is 6.10 Å². The minimum Gasteiger partial charge on any atom is -0.480 e. The van der Waals surface area contributed by atoms with Crippen molar-refractivity contribution in [1.29, 1.82) is 0 Å². The van der Waals surface area contributed by atoms with Crippen LogP contribution in [-0.2, 0) is 19.1 Å². The molecule has 0 radical (unpaired) electrons. The van der Waals surface area contributed by atoms with Gasteiger partial charge in [0.15, 0.2) is 0 Å². The second-order valence-electron chi connectivity index (χ2n) is 9.20. The summed E-state index contributed by atoms with van der Waals surface area (Å²) in [4.78, 5) is 37.8. The van der Waals surface area contributed by atoms with E-state index >= 15 is 0 Å². The molecule has 1 aliphatic rings. The maximum absolute atomic E-state index is 12.4. The molecule has 0 saturated carbocycles. The zero-order valence-corrected chi connectivity index (χ0v) is 18.3. The van der Waals surface area contributed by atoms with Gasteiger partial charge in [-0.15, -0.1) is 0 Å². The molecule has 8 heteroatoms. The monoisotopic (exact) mass is 420 g/mol. The SMILES string of the molecule is Cc1ccccc1N1C(C)(C)CC(OC(=O)CN(CC(=O)O)CC(=O)O)CC1(C)C. The van der Waals surface area contributed by atoms with Gasteiger partial charge in [0.25, 0.3) is 0 Å². The van der Waals surface area contributed by atoms with Gasteiger partial charge in [-0.25, -0.2) is 0 Å². The maximum atomic E-state index is 12.4. The number of rotatable bonds is 8. The Morgan fingerprint density at radius 1 is 1.00 bits per heavy atom. The van der Waals surface area contributed by atoms with E-state index in [1.165, 1.54) is 5.56 Å². The molecular weight excluding hydrogens is 388 g/mol. The minimum absolute atomic E-state index is 0.291. The first-order valence-electron chi connectivity index (χ1n) is 10.0. The second-order valence-corrected chi connectivity index (χ2v) is 9.20. The van der Waals surface area contributed by atoms with Crippen molar-refractivity contribution in [2.45, 2.75) is 64.6 Å². The molecule has 1 aromatic rings. The van der Waals surface area contributed by atoms with E-state index in [2.05, 4.69) is 51.7 Å². The summed E-state index contributed by atoms with van der Waals surface area (Å²) in [6.07, 6.45) is 0.863. The van der Waals surface area contributed by atoms with Crippen molar-refractivity contribution in [3.63, 3.8) is 0 Å². The van der Waals surface area contributed by atoms with Crippen LogP contribution < -0.4 is 4.90 Å². The fourth-order valence-corrected chi connectivity index (χ4v) is 4.69. The zero-order valence-electron chi connectivity index (χ0n) is 18.3. The number of nitrogens with zero attached hydrogens (tertiary/aromatic N) is 2. The first kappa shape index (κ1) is 23.7. The Hall–Kier alpha value is -2.61. The molecule has 2 rings (SSSR count). The number of ether oxygens (including phenoxy) is 1. The van der Waals surface area contributed by atoms with Gasteiger partial charge in [-0.1, -0.05) is 18.2 Å². The van der Waals surface area contributed by atoms with Crippen molar-refractivity contribution in [2.24, 2.45) is 0 Å². The number of para-hydroxylation sites is 1. The van der Waals surface area contributed by atoms with E-state index in [0.29, 0.717) is 12.8 Å². The number of hydrogen-bond donors (Lipinski definition) is 2. The number of carbonyl (C=O) groups excluding carboxylic acids is 1. The van der Waals surface area contributed by atoms with Crippen LogP contribution in [0.3, 0.4) is 0 Å². The molecule has 1 aliphatic heterocycles. The number of carboxylic acids is 2. The average Bonchev–Trinajstić information content (AvgIpc) is 2.52. The van der Waals surface area contributed by atoms with Crippen molar-refractivity contribution in [1.82, 2.24) is 4.90 Å². The molecule has 0 atom stereocenters. The lowest BCUT2D eigenvalue weighted by molar-refractivity contribution is -0.155. The van der Waals surface area contributed by atoms with Crippen molar-refractivity contribution in [2.75, 3.05) is 24.5 Å². The Balaban J connectivity index is 2.12. The number of hydrogen-bond acceptors (Lipinski definition) is 6. The summed E-state index contributed by atoms with van der Waals surface area (Å²) in [6.45, 7) is 9.08. The lowest BCUT2D eigenvalue weighted by atomic mass is 9.77. The summed E-state index contributed by atoms with van der Waals surface area (Å²) < 4.78 is 5.68. The fraction of sp³-hybridized carbons (Fsp3) is 0.591. The molecular formula is C22H32N2O6. The van der Waals surface area contributed by atoms with Crippen molar-refractivity contribution in [3.8, 4) is 0 Å². The lowest BCUT2D eigenvalue weighted by Gasteiger charge is -2.56. The molecule has 1 aromatic carbocycles. The predicted molar refractivity (Wildman–Crippen MR) is 113 cm³/mol. The highest BCUT2D eigenvalue weighted by molar-refractivity contribution is 5.76. The summed E-state index contributed by atoms with van der Waals surface area (Å²) in [5.41, 5.74) is 1.74. The van der Waals surface area contributed by atoms with Crippen LogP contribution in [0.2, 0.25) is 0 Å². The van der Waals surface area contributed by atoms with Gasteiger partial charge in [0, 0.05) is 29.6 Å². The first-order chi connectivity index (χ1) is 13.8.